The van der Waals surface area contributed by atoms with E-state index < -0.39 is 18.6 Å². The number of pyridine rings is 1. The van der Waals surface area contributed by atoms with E-state index in [2.05, 4.69) is 25.7 Å². The van der Waals surface area contributed by atoms with Crippen LogP contribution in [0.3, 0.4) is 0 Å². The zero-order valence-corrected chi connectivity index (χ0v) is 19.8. The number of nitrogens with zero attached hydrogens (tertiary/aromatic N) is 6. The molecule has 1 aliphatic heterocycles. The summed E-state index contributed by atoms with van der Waals surface area (Å²) in [7, 11) is 5.52. The second-order valence-corrected chi connectivity index (χ2v) is 8.65. The molecule has 0 aliphatic carbocycles. The van der Waals surface area contributed by atoms with Gasteiger partial charge in [-0.05, 0) is 32.6 Å². The van der Waals surface area contributed by atoms with E-state index in [0.29, 0.717) is 36.5 Å². The molecular formula is C22H25F3N8O3. The molecule has 192 valence electrons. The highest BCUT2D eigenvalue weighted by molar-refractivity contribution is 6.06. The Morgan fingerprint density at radius 2 is 2.11 bits per heavy atom. The van der Waals surface area contributed by atoms with Gasteiger partial charge in [0.15, 0.2) is 11.5 Å². The first-order valence-electron chi connectivity index (χ1n) is 11.0. The number of likely N-dealkylation sites (N-methyl/N-ethyl adjacent to an activating group) is 1. The van der Waals surface area contributed by atoms with Gasteiger partial charge in [0.2, 0.25) is 11.8 Å². The molecule has 36 heavy (non-hydrogen) atoms. The standard InChI is InChI=1S/C22H25F3N8O3/c1-31(2)9-14-4-5-18(34)33(14)19-15(10-32(3)30-19)28-20(35)16-11-36-21(29-16)13-6-7-26-17(8-13)27-12-22(23,24)25/h6-8,10-11,14H,4-5,9,12H2,1-3H3,(H,26,27)(H,28,35)/t14-/m1/s1. The van der Waals surface area contributed by atoms with Crippen LogP contribution in [0.5, 0.6) is 0 Å². The molecule has 4 rings (SSSR count). The smallest absolute Gasteiger partial charge is 0.405 e. The van der Waals surface area contributed by atoms with Gasteiger partial charge in [0.1, 0.15) is 24.3 Å². The van der Waals surface area contributed by atoms with Crippen LogP contribution in [-0.2, 0) is 11.8 Å². The number of carbonyl (C=O) groups is 2. The quantitative estimate of drug-likeness (QED) is 0.479. The lowest BCUT2D eigenvalue weighted by atomic mass is 10.2. The van der Waals surface area contributed by atoms with Crippen molar-refractivity contribution in [1.29, 1.82) is 0 Å². The van der Waals surface area contributed by atoms with Crippen LogP contribution >= 0.6 is 0 Å². The molecule has 2 amide bonds. The number of aryl methyl sites for hydroxylation is 1. The first-order chi connectivity index (χ1) is 17.0. The van der Waals surface area contributed by atoms with E-state index in [0.717, 1.165) is 6.26 Å². The maximum absolute atomic E-state index is 12.9. The molecule has 2 N–H and O–H groups in total. The first kappa shape index (κ1) is 25.2. The zero-order valence-electron chi connectivity index (χ0n) is 19.8. The maximum atomic E-state index is 12.9. The molecule has 14 heteroatoms. The third-order valence-corrected chi connectivity index (χ3v) is 5.40. The molecule has 3 aromatic rings. The van der Waals surface area contributed by atoms with Crippen molar-refractivity contribution in [3.8, 4) is 11.5 Å². The van der Waals surface area contributed by atoms with Gasteiger partial charge in [-0.25, -0.2) is 9.97 Å². The van der Waals surface area contributed by atoms with Crippen molar-refractivity contribution in [3.63, 3.8) is 0 Å². The number of rotatable bonds is 8. The molecular weight excluding hydrogens is 481 g/mol. The van der Waals surface area contributed by atoms with Crippen LogP contribution in [0.2, 0.25) is 0 Å². The van der Waals surface area contributed by atoms with Gasteiger partial charge in [-0.15, -0.1) is 0 Å². The van der Waals surface area contributed by atoms with Crippen LogP contribution in [-0.4, -0.2) is 75.9 Å². The van der Waals surface area contributed by atoms with Gasteiger partial charge in [0.05, 0.1) is 12.2 Å². The van der Waals surface area contributed by atoms with E-state index >= 15 is 0 Å². The Kier molecular flexibility index (Phi) is 6.97. The lowest BCUT2D eigenvalue weighted by Crippen LogP contribution is -2.40. The Labute approximate surface area is 204 Å². The van der Waals surface area contributed by atoms with E-state index in [9.17, 15) is 22.8 Å². The summed E-state index contributed by atoms with van der Waals surface area (Å²) in [4.78, 5) is 37.1. The lowest BCUT2D eigenvalue weighted by Gasteiger charge is -2.26. The van der Waals surface area contributed by atoms with E-state index in [1.165, 1.54) is 23.0 Å². The van der Waals surface area contributed by atoms with Crippen molar-refractivity contribution in [2.24, 2.45) is 7.05 Å². The van der Waals surface area contributed by atoms with Gasteiger partial charge in [-0.3, -0.25) is 19.2 Å². The monoisotopic (exact) mass is 506 g/mol. The summed E-state index contributed by atoms with van der Waals surface area (Å²) in [6, 6.07) is 2.75. The van der Waals surface area contributed by atoms with Crippen molar-refractivity contribution < 1.29 is 27.2 Å². The van der Waals surface area contributed by atoms with Gasteiger partial charge in [0.25, 0.3) is 5.91 Å². The largest absolute Gasteiger partial charge is 0.444 e. The summed E-state index contributed by atoms with van der Waals surface area (Å²) in [6.45, 7) is -0.598. The van der Waals surface area contributed by atoms with Crippen LogP contribution in [0.4, 0.5) is 30.5 Å². The molecule has 3 aromatic heterocycles. The van der Waals surface area contributed by atoms with Crippen LogP contribution in [0.1, 0.15) is 23.3 Å². The highest BCUT2D eigenvalue weighted by Crippen LogP contribution is 2.32. The highest BCUT2D eigenvalue weighted by Gasteiger charge is 2.36. The molecule has 0 aromatic carbocycles. The minimum absolute atomic E-state index is 0.0170. The van der Waals surface area contributed by atoms with Crippen molar-refractivity contribution in [1.82, 2.24) is 24.6 Å². The molecule has 0 unspecified atom stereocenters. The third-order valence-electron chi connectivity index (χ3n) is 5.40. The third kappa shape index (κ3) is 5.82. The second-order valence-electron chi connectivity index (χ2n) is 8.65. The number of oxazole rings is 1. The van der Waals surface area contributed by atoms with E-state index in [4.69, 9.17) is 4.42 Å². The number of nitrogens with one attached hydrogen (secondary N) is 2. The maximum Gasteiger partial charge on any atom is 0.405 e. The molecule has 11 nitrogen and oxygen atoms in total. The predicted molar refractivity (Wildman–Crippen MR) is 125 cm³/mol. The van der Waals surface area contributed by atoms with Gasteiger partial charge >= 0.3 is 6.18 Å². The zero-order chi connectivity index (χ0) is 26.0. The fourth-order valence-corrected chi connectivity index (χ4v) is 3.92. The highest BCUT2D eigenvalue weighted by atomic mass is 19.4. The summed E-state index contributed by atoms with van der Waals surface area (Å²) in [6.07, 6.45) is 0.703. The molecule has 4 heterocycles. The van der Waals surface area contributed by atoms with Gasteiger partial charge in [-0.1, -0.05) is 0 Å². The average molecular weight is 506 g/mol. The summed E-state index contributed by atoms with van der Waals surface area (Å²) in [5, 5.41) is 9.31. The topological polar surface area (TPSA) is 121 Å². The first-order valence-corrected chi connectivity index (χ1v) is 11.0. The Bertz CT molecular complexity index is 1250. The number of alkyl halides is 3. The van der Waals surface area contributed by atoms with Crippen LogP contribution in [0, 0.1) is 0 Å². The van der Waals surface area contributed by atoms with Crippen molar-refractivity contribution in [2.45, 2.75) is 25.1 Å². The van der Waals surface area contributed by atoms with Crippen LogP contribution < -0.4 is 15.5 Å². The summed E-state index contributed by atoms with van der Waals surface area (Å²) < 4.78 is 44.3. The molecule has 0 spiro atoms. The van der Waals surface area contributed by atoms with E-state index in [-0.39, 0.29) is 29.4 Å². The summed E-state index contributed by atoms with van der Waals surface area (Å²) in [5.74, 6) is -0.313. The Balaban J connectivity index is 1.51. The van der Waals surface area contributed by atoms with E-state index in [1.807, 2.05) is 19.0 Å². The minimum atomic E-state index is -4.40. The van der Waals surface area contributed by atoms with Crippen molar-refractivity contribution in [3.05, 3.63) is 36.5 Å². The second kappa shape index (κ2) is 9.97. The molecule has 1 atom stereocenters. The normalized spacial score (nSPS) is 16.1. The Morgan fingerprint density at radius 3 is 2.83 bits per heavy atom. The minimum Gasteiger partial charge on any atom is -0.444 e. The average Bonchev–Trinajstić information content (AvgIpc) is 3.51. The van der Waals surface area contributed by atoms with Gasteiger partial charge in [-0.2, -0.15) is 18.3 Å². The summed E-state index contributed by atoms with van der Waals surface area (Å²) >= 11 is 0. The fourth-order valence-electron chi connectivity index (χ4n) is 3.92. The number of hydrogen-bond donors (Lipinski definition) is 2. The van der Waals surface area contributed by atoms with Crippen LogP contribution in [0.25, 0.3) is 11.5 Å². The van der Waals surface area contributed by atoms with Gasteiger partial charge < -0.3 is 20.0 Å². The number of amides is 2. The number of halogens is 3. The molecule has 1 saturated heterocycles. The van der Waals surface area contributed by atoms with Crippen LogP contribution in [0.15, 0.2) is 35.2 Å². The number of anilines is 3. The summed E-state index contributed by atoms with van der Waals surface area (Å²) in [5.41, 5.74) is 0.623. The van der Waals surface area contributed by atoms with E-state index in [1.54, 1.807) is 18.1 Å². The Morgan fingerprint density at radius 1 is 1.33 bits per heavy atom. The fraction of sp³-hybridized carbons (Fsp3) is 0.409. The number of aromatic nitrogens is 4. The molecule has 1 fully saturated rings. The molecule has 0 bridgehead atoms. The van der Waals surface area contributed by atoms with Crippen molar-refractivity contribution in [2.75, 3.05) is 42.7 Å². The van der Waals surface area contributed by atoms with Crippen molar-refractivity contribution >= 4 is 29.1 Å². The lowest BCUT2D eigenvalue weighted by molar-refractivity contribution is -0.117. The number of carbonyl (C=O) groups excluding carboxylic acids is 2. The molecule has 0 radical (unpaired) electrons. The molecule has 0 saturated carbocycles. The molecule has 1 aliphatic rings. The Hall–Kier alpha value is -3.94. The van der Waals surface area contributed by atoms with Gasteiger partial charge in [0, 0.05) is 31.8 Å². The number of hydrogen-bond acceptors (Lipinski definition) is 8. The SMILES string of the molecule is CN(C)C[C@H]1CCC(=O)N1c1nn(C)cc1NC(=O)c1coc(-c2ccnc(NCC(F)(F)F)c2)n1. The predicted octanol–water partition coefficient (Wildman–Crippen LogP) is 2.75.